The summed E-state index contributed by atoms with van der Waals surface area (Å²) < 4.78 is 0. The van der Waals surface area contributed by atoms with E-state index in [2.05, 4.69) is 39.8 Å². The molecule has 1 N–H and O–H groups in total. The summed E-state index contributed by atoms with van der Waals surface area (Å²) in [5.41, 5.74) is 5.62. The van der Waals surface area contributed by atoms with Gasteiger partial charge in [0, 0.05) is 0 Å². The van der Waals surface area contributed by atoms with E-state index < -0.39 is 0 Å². The third-order valence-electron chi connectivity index (χ3n) is 4.09. The Kier molecular flexibility index (Phi) is 3.07. The van der Waals surface area contributed by atoms with E-state index in [0.29, 0.717) is 11.8 Å². The Morgan fingerprint density at radius 2 is 1.75 bits per heavy atom. The quantitative estimate of drug-likeness (QED) is 0.805. The first-order valence-corrected chi connectivity index (χ1v) is 6.30. The van der Waals surface area contributed by atoms with Crippen molar-refractivity contribution in [1.29, 1.82) is 0 Å². The van der Waals surface area contributed by atoms with Gasteiger partial charge in [-0.2, -0.15) is 0 Å². The van der Waals surface area contributed by atoms with Crippen LogP contribution in [0.5, 0.6) is 0 Å². The Morgan fingerprint density at radius 3 is 2.19 bits per heavy atom. The summed E-state index contributed by atoms with van der Waals surface area (Å²) >= 11 is 0. The predicted molar refractivity (Wildman–Crippen MR) is 67.8 cm³/mol. The molecule has 1 heteroatoms. The Morgan fingerprint density at radius 1 is 1.19 bits per heavy atom. The van der Waals surface area contributed by atoms with Crippen LogP contribution in [0, 0.1) is 26.7 Å². The van der Waals surface area contributed by atoms with Crippen LogP contribution in [0.4, 0.5) is 0 Å². The molecule has 16 heavy (non-hydrogen) atoms. The molecule has 1 fully saturated rings. The van der Waals surface area contributed by atoms with Crippen molar-refractivity contribution in [2.24, 2.45) is 5.92 Å². The van der Waals surface area contributed by atoms with Crippen molar-refractivity contribution in [3.63, 3.8) is 0 Å². The molecule has 0 bridgehead atoms. The van der Waals surface area contributed by atoms with Gasteiger partial charge in [0.05, 0.1) is 6.10 Å². The molecule has 0 saturated heterocycles. The lowest BCUT2D eigenvalue weighted by atomic mass is 9.65. The molecule has 1 aliphatic carbocycles. The highest BCUT2D eigenvalue weighted by atomic mass is 16.3. The predicted octanol–water partition coefficient (Wildman–Crippen LogP) is 3.49. The first kappa shape index (κ1) is 11.7. The third-order valence-corrected chi connectivity index (χ3v) is 4.09. The second-order valence-corrected chi connectivity index (χ2v) is 5.29. The molecule has 88 valence electrons. The van der Waals surface area contributed by atoms with Crippen molar-refractivity contribution in [2.45, 2.75) is 52.6 Å². The van der Waals surface area contributed by atoms with Crippen LogP contribution < -0.4 is 0 Å². The number of aliphatic hydroxyl groups is 1. The monoisotopic (exact) mass is 218 g/mol. The molecule has 0 aliphatic heterocycles. The lowest BCUT2D eigenvalue weighted by molar-refractivity contribution is -0.00111. The van der Waals surface area contributed by atoms with Crippen molar-refractivity contribution >= 4 is 0 Å². The number of hydrogen-bond donors (Lipinski definition) is 1. The molecule has 0 amide bonds. The number of aliphatic hydroxyl groups excluding tert-OH is 1. The van der Waals surface area contributed by atoms with Gasteiger partial charge in [-0.15, -0.1) is 0 Å². The van der Waals surface area contributed by atoms with Crippen molar-refractivity contribution in [2.75, 3.05) is 0 Å². The molecule has 1 aromatic rings. The summed E-state index contributed by atoms with van der Waals surface area (Å²) in [5.74, 6) is 1.06. The van der Waals surface area contributed by atoms with E-state index in [1.165, 1.54) is 22.3 Å². The van der Waals surface area contributed by atoms with Gasteiger partial charge in [-0.3, -0.25) is 0 Å². The zero-order valence-corrected chi connectivity index (χ0v) is 10.7. The average molecular weight is 218 g/mol. The van der Waals surface area contributed by atoms with Crippen LogP contribution >= 0.6 is 0 Å². The zero-order valence-electron chi connectivity index (χ0n) is 10.7. The van der Waals surface area contributed by atoms with Gasteiger partial charge in [-0.1, -0.05) is 31.0 Å². The second-order valence-electron chi connectivity index (χ2n) is 5.29. The van der Waals surface area contributed by atoms with Gasteiger partial charge in [-0.25, -0.2) is 0 Å². The first-order chi connectivity index (χ1) is 7.54. The fraction of sp³-hybridized carbons (Fsp3) is 0.600. The number of aryl methyl sites for hydroxylation is 3. The van der Waals surface area contributed by atoms with E-state index in [9.17, 15) is 5.11 Å². The molecular formula is C15H22O. The highest BCUT2D eigenvalue weighted by Gasteiger charge is 2.40. The highest BCUT2D eigenvalue weighted by Crippen LogP contribution is 2.46. The van der Waals surface area contributed by atoms with Crippen LogP contribution in [0.1, 0.15) is 47.9 Å². The molecule has 1 aromatic carbocycles. The van der Waals surface area contributed by atoms with Crippen LogP contribution in [-0.4, -0.2) is 11.2 Å². The first-order valence-electron chi connectivity index (χ1n) is 6.30. The minimum absolute atomic E-state index is 0.0740. The Hall–Kier alpha value is -0.820. The number of hydrogen-bond acceptors (Lipinski definition) is 1. The number of benzene rings is 1. The van der Waals surface area contributed by atoms with Gasteiger partial charge >= 0.3 is 0 Å². The molecular weight excluding hydrogens is 196 g/mol. The summed E-state index contributed by atoms with van der Waals surface area (Å²) in [4.78, 5) is 0. The zero-order chi connectivity index (χ0) is 11.9. The Bertz CT molecular complexity index is 371. The van der Waals surface area contributed by atoms with Crippen LogP contribution in [0.25, 0.3) is 0 Å². The molecule has 1 saturated carbocycles. The van der Waals surface area contributed by atoms with Gasteiger partial charge in [0.1, 0.15) is 0 Å². The lowest BCUT2D eigenvalue weighted by Gasteiger charge is -2.43. The maximum Gasteiger partial charge on any atom is 0.0580 e. The van der Waals surface area contributed by atoms with Crippen LogP contribution in [0.3, 0.4) is 0 Å². The fourth-order valence-corrected chi connectivity index (χ4v) is 3.35. The van der Waals surface area contributed by atoms with E-state index >= 15 is 0 Å². The fourth-order valence-electron chi connectivity index (χ4n) is 3.35. The smallest absolute Gasteiger partial charge is 0.0580 e. The van der Waals surface area contributed by atoms with E-state index in [4.69, 9.17) is 0 Å². The van der Waals surface area contributed by atoms with Crippen molar-refractivity contribution in [1.82, 2.24) is 0 Å². The maximum absolute atomic E-state index is 9.78. The average Bonchev–Trinajstić information content (AvgIpc) is 2.15. The molecule has 3 atom stereocenters. The second kappa shape index (κ2) is 4.21. The summed E-state index contributed by atoms with van der Waals surface area (Å²) in [7, 11) is 0. The van der Waals surface area contributed by atoms with Crippen molar-refractivity contribution in [3.05, 3.63) is 34.4 Å². The van der Waals surface area contributed by atoms with Gasteiger partial charge in [0.25, 0.3) is 0 Å². The molecule has 1 nitrogen and oxygen atoms in total. The van der Waals surface area contributed by atoms with Crippen LogP contribution in [0.15, 0.2) is 12.1 Å². The van der Waals surface area contributed by atoms with Gasteiger partial charge in [0.15, 0.2) is 0 Å². The maximum atomic E-state index is 9.78. The SMILES string of the molecule is CCC1C(O)CC1c1c(C)cc(C)cc1C. The lowest BCUT2D eigenvalue weighted by Crippen LogP contribution is -2.39. The van der Waals surface area contributed by atoms with Crippen LogP contribution in [-0.2, 0) is 0 Å². The Labute approximate surface area is 98.5 Å². The largest absolute Gasteiger partial charge is 0.393 e. The standard InChI is InChI=1S/C15H22O/c1-5-12-13(8-14(12)16)15-10(3)6-9(2)7-11(15)4/h6-7,12-14,16H,5,8H2,1-4H3. The summed E-state index contributed by atoms with van der Waals surface area (Å²) in [5, 5.41) is 9.78. The summed E-state index contributed by atoms with van der Waals surface area (Å²) in [6.45, 7) is 8.73. The van der Waals surface area contributed by atoms with Crippen molar-refractivity contribution < 1.29 is 5.11 Å². The minimum atomic E-state index is -0.0740. The molecule has 3 unspecified atom stereocenters. The van der Waals surface area contributed by atoms with E-state index in [0.717, 1.165) is 12.8 Å². The van der Waals surface area contributed by atoms with Gasteiger partial charge < -0.3 is 5.11 Å². The van der Waals surface area contributed by atoms with Crippen LogP contribution in [0.2, 0.25) is 0 Å². The molecule has 1 aliphatic rings. The Balaban J connectivity index is 2.35. The van der Waals surface area contributed by atoms with Crippen molar-refractivity contribution in [3.8, 4) is 0 Å². The summed E-state index contributed by atoms with van der Waals surface area (Å²) in [6, 6.07) is 4.53. The molecule has 0 radical (unpaired) electrons. The molecule has 0 aromatic heterocycles. The topological polar surface area (TPSA) is 20.2 Å². The van der Waals surface area contributed by atoms with E-state index in [-0.39, 0.29) is 6.10 Å². The normalized spacial score (nSPS) is 28.9. The van der Waals surface area contributed by atoms with E-state index in [1.807, 2.05) is 0 Å². The third kappa shape index (κ3) is 1.78. The summed E-state index contributed by atoms with van der Waals surface area (Å²) in [6.07, 6.45) is 1.96. The highest BCUT2D eigenvalue weighted by molar-refractivity contribution is 5.41. The minimum Gasteiger partial charge on any atom is -0.393 e. The van der Waals surface area contributed by atoms with E-state index in [1.54, 1.807) is 0 Å². The molecule has 0 heterocycles. The molecule has 2 rings (SSSR count). The van der Waals surface area contributed by atoms with Gasteiger partial charge in [-0.05, 0) is 55.7 Å². The van der Waals surface area contributed by atoms with Gasteiger partial charge in [0.2, 0.25) is 0 Å². The number of rotatable bonds is 2. The molecule has 0 spiro atoms.